The molecule has 0 aromatic rings. The molecule has 0 spiro atoms. The summed E-state index contributed by atoms with van der Waals surface area (Å²) in [6.07, 6.45) is 14.9. The molecule has 0 saturated heterocycles. The van der Waals surface area contributed by atoms with Gasteiger partial charge in [0.2, 0.25) is 0 Å². The van der Waals surface area contributed by atoms with Crippen LogP contribution in [-0.2, 0) is 9.47 Å². The molecule has 0 aliphatic heterocycles. The average Bonchev–Trinajstić information content (AvgIpc) is 2.72. The van der Waals surface area contributed by atoms with Crippen LogP contribution in [0.2, 0.25) is 0 Å². The normalized spacial score (nSPS) is 47.8. The molecule has 4 aliphatic rings. The topological polar surface area (TPSA) is 38.7 Å². The molecule has 0 amide bonds. The summed E-state index contributed by atoms with van der Waals surface area (Å²) in [4.78, 5) is 0. The number of aliphatic hydroxyl groups is 1. The van der Waals surface area contributed by atoms with E-state index in [9.17, 15) is 5.11 Å². The quantitative estimate of drug-likeness (QED) is 0.676. The van der Waals surface area contributed by atoms with Gasteiger partial charge in [0.05, 0.1) is 18.3 Å². The first-order chi connectivity index (χ1) is 13.5. The second kappa shape index (κ2) is 9.35. The zero-order valence-corrected chi connectivity index (χ0v) is 18.5. The van der Waals surface area contributed by atoms with Gasteiger partial charge in [-0.25, -0.2) is 0 Å². The Labute approximate surface area is 172 Å². The molecule has 4 aliphatic carbocycles. The molecule has 0 bridgehead atoms. The minimum atomic E-state index is -0.127. The van der Waals surface area contributed by atoms with Crippen molar-refractivity contribution in [2.75, 3.05) is 13.7 Å². The lowest BCUT2D eigenvalue weighted by Crippen LogP contribution is -2.49. The van der Waals surface area contributed by atoms with E-state index in [-0.39, 0.29) is 12.2 Å². The van der Waals surface area contributed by atoms with Gasteiger partial charge in [-0.1, -0.05) is 19.8 Å². The molecule has 28 heavy (non-hydrogen) atoms. The van der Waals surface area contributed by atoms with Gasteiger partial charge in [0.1, 0.15) is 0 Å². The van der Waals surface area contributed by atoms with Gasteiger partial charge in [0, 0.05) is 13.7 Å². The Hall–Kier alpha value is -0.120. The van der Waals surface area contributed by atoms with Gasteiger partial charge in [0.15, 0.2) is 0 Å². The monoisotopic (exact) mass is 392 g/mol. The van der Waals surface area contributed by atoms with Crippen molar-refractivity contribution in [3.8, 4) is 0 Å². The Balaban J connectivity index is 1.32. The van der Waals surface area contributed by atoms with Crippen LogP contribution in [0.15, 0.2) is 0 Å². The summed E-state index contributed by atoms with van der Waals surface area (Å²) in [5, 5.41) is 10.1. The van der Waals surface area contributed by atoms with E-state index in [1.807, 2.05) is 14.0 Å². The number of hydrogen-bond donors (Lipinski definition) is 1. The molecule has 3 nitrogen and oxygen atoms in total. The molecule has 4 saturated carbocycles. The number of aliphatic hydroxyl groups excluding tert-OH is 1. The summed E-state index contributed by atoms with van der Waals surface area (Å²) in [6.45, 7) is 5.34. The molecular weight excluding hydrogens is 348 g/mol. The first-order valence-corrected chi connectivity index (χ1v) is 12.4. The molecule has 8 atom stereocenters. The number of methoxy groups -OCH3 is 1. The highest BCUT2D eigenvalue weighted by atomic mass is 16.5. The van der Waals surface area contributed by atoms with Gasteiger partial charge in [-0.15, -0.1) is 0 Å². The van der Waals surface area contributed by atoms with E-state index in [1.54, 1.807) is 0 Å². The van der Waals surface area contributed by atoms with E-state index in [0.717, 1.165) is 42.1 Å². The fourth-order valence-corrected chi connectivity index (χ4v) is 7.36. The third-order valence-electron chi connectivity index (χ3n) is 9.27. The fraction of sp³-hybridized carbons (Fsp3) is 1.00. The third-order valence-corrected chi connectivity index (χ3v) is 9.27. The summed E-state index contributed by atoms with van der Waals surface area (Å²) >= 11 is 0. The van der Waals surface area contributed by atoms with Crippen LogP contribution in [0, 0.1) is 41.4 Å². The van der Waals surface area contributed by atoms with Crippen LogP contribution >= 0.6 is 0 Å². The van der Waals surface area contributed by atoms with Crippen LogP contribution in [-0.4, -0.2) is 37.1 Å². The molecular formula is C25H44O3. The Morgan fingerprint density at radius 1 is 0.821 bits per heavy atom. The van der Waals surface area contributed by atoms with E-state index in [0.29, 0.717) is 12.0 Å². The summed E-state index contributed by atoms with van der Waals surface area (Å²) in [7, 11) is 1.90. The van der Waals surface area contributed by atoms with E-state index in [1.165, 1.54) is 70.6 Å². The van der Waals surface area contributed by atoms with Crippen molar-refractivity contribution in [2.24, 2.45) is 41.4 Å². The predicted molar refractivity (Wildman–Crippen MR) is 113 cm³/mol. The van der Waals surface area contributed by atoms with Crippen LogP contribution < -0.4 is 0 Å². The molecule has 162 valence electrons. The second-order valence-corrected chi connectivity index (χ2v) is 11.0. The molecule has 0 aromatic carbocycles. The minimum Gasteiger partial charge on any atom is -0.393 e. The van der Waals surface area contributed by atoms with E-state index in [2.05, 4.69) is 6.92 Å². The Bertz CT molecular complexity index is 484. The van der Waals surface area contributed by atoms with Gasteiger partial charge in [-0.05, 0) is 106 Å². The van der Waals surface area contributed by atoms with E-state index < -0.39 is 0 Å². The summed E-state index contributed by atoms with van der Waals surface area (Å²) in [5.74, 6) is 5.60. The number of ether oxygens (including phenoxy) is 2. The zero-order valence-electron chi connectivity index (χ0n) is 18.5. The van der Waals surface area contributed by atoms with Crippen LogP contribution in [0.3, 0.4) is 0 Å². The Morgan fingerprint density at radius 2 is 1.54 bits per heavy atom. The molecule has 6 unspecified atom stereocenters. The molecule has 4 rings (SSSR count). The molecule has 3 heteroatoms. The molecule has 1 N–H and O–H groups in total. The Morgan fingerprint density at radius 3 is 2.21 bits per heavy atom. The van der Waals surface area contributed by atoms with Crippen molar-refractivity contribution < 1.29 is 14.6 Å². The van der Waals surface area contributed by atoms with Crippen LogP contribution in [0.4, 0.5) is 0 Å². The standard InChI is InChI=1S/C25H44O3/c1-16-4-6-18(7-5-16)15-28-25-13-21-9-8-20-12-19(17(2)26)10-11-22(20)23(21)14-24(25)27-3/h16-26H,4-15H2,1-3H3/t16?,17?,18?,19?,20-,21?,22?,23?,24?,25-/m1/s1. The first kappa shape index (κ1) is 21.1. The second-order valence-electron chi connectivity index (χ2n) is 11.0. The van der Waals surface area contributed by atoms with Gasteiger partial charge in [-0.3, -0.25) is 0 Å². The number of fused-ring (bicyclic) bond motifs is 3. The number of hydrogen-bond acceptors (Lipinski definition) is 3. The highest BCUT2D eigenvalue weighted by molar-refractivity contribution is 4.98. The number of rotatable bonds is 5. The van der Waals surface area contributed by atoms with Gasteiger partial charge in [-0.2, -0.15) is 0 Å². The smallest absolute Gasteiger partial charge is 0.0839 e. The van der Waals surface area contributed by atoms with Gasteiger partial charge < -0.3 is 14.6 Å². The van der Waals surface area contributed by atoms with Crippen LogP contribution in [0.5, 0.6) is 0 Å². The largest absolute Gasteiger partial charge is 0.393 e. The summed E-state index contributed by atoms with van der Waals surface area (Å²) in [5.41, 5.74) is 0. The lowest BCUT2D eigenvalue weighted by atomic mass is 9.55. The van der Waals surface area contributed by atoms with Crippen LogP contribution in [0.1, 0.15) is 84.5 Å². The molecule has 4 fully saturated rings. The van der Waals surface area contributed by atoms with Crippen molar-refractivity contribution in [2.45, 2.75) is 103 Å². The summed E-state index contributed by atoms with van der Waals surface area (Å²) in [6, 6.07) is 0. The maximum Gasteiger partial charge on any atom is 0.0839 e. The highest BCUT2D eigenvalue weighted by Crippen LogP contribution is 2.53. The Kier molecular flexibility index (Phi) is 7.05. The summed E-state index contributed by atoms with van der Waals surface area (Å²) < 4.78 is 12.5. The van der Waals surface area contributed by atoms with Crippen molar-refractivity contribution in [1.82, 2.24) is 0 Å². The van der Waals surface area contributed by atoms with Crippen LogP contribution in [0.25, 0.3) is 0 Å². The predicted octanol–water partition coefficient (Wildman–Crippen LogP) is 5.45. The lowest BCUT2D eigenvalue weighted by Gasteiger charge is -2.52. The maximum absolute atomic E-state index is 10.1. The lowest BCUT2D eigenvalue weighted by molar-refractivity contribution is -0.136. The van der Waals surface area contributed by atoms with Crippen molar-refractivity contribution in [1.29, 1.82) is 0 Å². The minimum absolute atomic E-state index is 0.127. The SMILES string of the molecule is COC1CC2C(CC[C@@H]3CC(C(C)O)CCC23)C[C@H]1OCC1CCC(C)CC1. The van der Waals surface area contributed by atoms with Gasteiger partial charge >= 0.3 is 0 Å². The van der Waals surface area contributed by atoms with Crippen molar-refractivity contribution in [3.63, 3.8) is 0 Å². The maximum atomic E-state index is 10.1. The molecule has 0 radical (unpaired) electrons. The van der Waals surface area contributed by atoms with E-state index in [4.69, 9.17) is 9.47 Å². The van der Waals surface area contributed by atoms with Crippen molar-refractivity contribution >= 4 is 0 Å². The zero-order chi connectivity index (χ0) is 19.7. The van der Waals surface area contributed by atoms with Gasteiger partial charge in [0.25, 0.3) is 0 Å². The molecule has 0 aromatic heterocycles. The third kappa shape index (κ3) is 4.62. The highest BCUT2D eigenvalue weighted by Gasteiger charge is 2.48. The first-order valence-electron chi connectivity index (χ1n) is 12.4. The van der Waals surface area contributed by atoms with Crippen molar-refractivity contribution in [3.05, 3.63) is 0 Å². The average molecular weight is 393 g/mol. The van der Waals surface area contributed by atoms with E-state index >= 15 is 0 Å². The molecule has 0 heterocycles. The fourth-order valence-electron chi connectivity index (χ4n) is 7.36.